The van der Waals surface area contributed by atoms with Crippen LogP contribution in [-0.4, -0.2) is 43.2 Å². The molecule has 1 rings (SSSR count). The lowest BCUT2D eigenvalue weighted by molar-refractivity contribution is -0.114. The zero-order valence-electron chi connectivity index (χ0n) is 7.72. The van der Waals surface area contributed by atoms with Crippen molar-refractivity contribution in [2.24, 2.45) is 5.73 Å². The summed E-state index contributed by atoms with van der Waals surface area (Å²) < 4.78 is 0. The molecule has 0 atom stereocenters. The molecule has 0 aromatic rings. The molecular weight excluding hydrogens is 204 g/mol. The fourth-order valence-corrected chi connectivity index (χ4v) is 1.50. The number of hydrogen-bond acceptors (Lipinski definition) is 4. The summed E-state index contributed by atoms with van der Waals surface area (Å²) in [6.07, 6.45) is 1.07. The Morgan fingerprint density at radius 3 is 2.50 bits per heavy atom. The van der Waals surface area contributed by atoms with Crippen molar-refractivity contribution in [3.8, 4) is 0 Å². The maximum Gasteiger partial charge on any atom is 0.262 e. The fourth-order valence-electron chi connectivity index (χ4n) is 1.33. The number of halogens is 1. The van der Waals surface area contributed by atoms with E-state index < -0.39 is 5.91 Å². The summed E-state index contributed by atoms with van der Waals surface area (Å²) in [6, 6.07) is 0. The van der Waals surface area contributed by atoms with Crippen molar-refractivity contribution in [2.45, 2.75) is 0 Å². The molecule has 0 aliphatic carbocycles. The second kappa shape index (κ2) is 4.97. The van der Waals surface area contributed by atoms with Gasteiger partial charge in [0.05, 0.1) is 5.70 Å². The first kappa shape index (κ1) is 11.0. The van der Waals surface area contributed by atoms with Gasteiger partial charge < -0.3 is 21.4 Å². The Labute approximate surface area is 87.4 Å². The van der Waals surface area contributed by atoms with E-state index >= 15 is 0 Å². The second-order valence-electron chi connectivity index (χ2n) is 2.94. The Bertz CT molecular complexity index is 271. The van der Waals surface area contributed by atoms with Gasteiger partial charge in [-0.15, -0.1) is 0 Å². The van der Waals surface area contributed by atoms with Gasteiger partial charge in [-0.25, -0.2) is 0 Å². The summed E-state index contributed by atoms with van der Waals surface area (Å²) in [7, 11) is 0. The average molecular weight is 217 g/mol. The Balaban J connectivity index is 2.83. The predicted molar refractivity (Wildman–Crippen MR) is 55.3 cm³/mol. The molecule has 1 aliphatic rings. The Morgan fingerprint density at radius 2 is 2.07 bits per heavy atom. The molecule has 0 aromatic carbocycles. The molecule has 1 heterocycles. The molecule has 1 amide bonds. The van der Waals surface area contributed by atoms with E-state index in [2.05, 4.69) is 5.32 Å². The minimum absolute atomic E-state index is 0.0677. The smallest absolute Gasteiger partial charge is 0.262 e. The molecule has 1 saturated heterocycles. The van der Waals surface area contributed by atoms with E-state index in [9.17, 15) is 4.79 Å². The Kier molecular flexibility index (Phi) is 3.91. The molecule has 0 spiro atoms. The molecule has 1 aliphatic heterocycles. The summed E-state index contributed by atoms with van der Waals surface area (Å²) in [6.45, 7) is 3.10. The molecule has 0 unspecified atom stereocenters. The normalized spacial score (nSPS) is 18.8. The third-order valence-corrected chi connectivity index (χ3v) is 2.42. The second-order valence-corrected chi connectivity index (χ2v) is 3.32. The fraction of sp³-hybridized carbons (Fsp3) is 0.500. The number of rotatable bonds is 3. The van der Waals surface area contributed by atoms with Gasteiger partial charge in [0.15, 0.2) is 0 Å². The van der Waals surface area contributed by atoms with E-state index in [0.29, 0.717) is 5.70 Å². The molecule has 0 aromatic heterocycles. The minimum atomic E-state index is -0.691. The van der Waals surface area contributed by atoms with Crippen molar-refractivity contribution < 1.29 is 4.79 Å². The van der Waals surface area contributed by atoms with E-state index in [4.69, 9.17) is 22.7 Å². The number of piperazine rings is 1. The lowest BCUT2D eigenvalue weighted by atomic mass is 10.3. The number of allylic oxidation sites excluding steroid dienone is 1. The van der Waals surface area contributed by atoms with Gasteiger partial charge in [-0.1, -0.05) is 11.6 Å². The molecule has 0 radical (unpaired) electrons. The summed E-state index contributed by atoms with van der Waals surface area (Å²) in [5, 5.41) is 10.3. The standard InChI is InChI=1S/C8H13ClN4O/c9-7(8(11)14)6(5-10)13-3-1-12-2-4-13/h5,10,12H,1-4H2,(H2,11,14)/b7-6-,10-5?. The van der Waals surface area contributed by atoms with Crippen LogP contribution in [0.2, 0.25) is 0 Å². The number of amides is 1. The first-order valence-electron chi connectivity index (χ1n) is 4.32. The van der Waals surface area contributed by atoms with E-state index in [1.165, 1.54) is 0 Å². The number of nitrogens with one attached hydrogen (secondary N) is 2. The highest BCUT2D eigenvalue weighted by atomic mass is 35.5. The third kappa shape index (κ3) is 2.46. The van der Waals surface area contributed by atoms with Gasteiger partial charge in [-0.05, 0) is 0 Å². The number of hydrogen-bond donors (Lipinski definition) is 3. The van der Waals surface area contributed by atoms with Gasteiger partial charge in [0.2, 0.25) is 0 Å². The SMILES string of the molecule is N=C/C(=C(/Cl)C(N)=O)N1CCNCC1. The summed E-state index contributed by atoms with van der Waals surface area (Å²) in [5.41, 5.74) is 5.45. The molecule has 4 N–H and O–H groups in total. The topological polar surface area (TPSA) is 82.2 Å². The van der Waals surface area contributed by atoms with Gasteiger partial charge in [-0.2, -0.15) is 0 Å². The van der Waals surface area contributed by atoms with Crippen molar-refractivity contribution in [1.82, 2.24) is 10.2 Å². The van der Waals surface area contributed by atoms with Crippen LogP contribution in [0.15, 0.2) is 10.7 Å². The number of carbonyl (C=O) groups excluding carboxylic acids is 1. The predicted octanol–water partition coefficient (Wildman–Crippen LogP) is -0.523. The average Bonchev–Trinajstić information content (AvgIpc) is 2.20. The van der Waals surface area contributed by atoms with E-state index in [1.54, 1.807) is 0 Å². The Hall–Kier alpha value is -1.07. The molecule has 1 fully saturated rings. The molecular formula is C8H13ClN4O. The highest BCUT2D eigenvalue weighted by Crippen LogP contribution is 2.12. The van der Waals surface area contributed by atoms with Crippen molar-refractivity contribution >= 4 is 23.7 Å². The van der Waals surface area contributed by atoms with Crippen molar-refractivity contribution in [3.05, 3.63) is 10.7 Å². The maximum atomic E-state index is 10.8. The van der Waals surface area contributed by atoms with Crippen molar-refractivity contribution in [2.75, 3.05) is 26.2 Å². The van der Waals surface area contributed by atoms with Crippen molar-refractivity contribution in [3.63, 3.8) is 0 Å². The van der Waals surface area contributed by atoms with Gasteiger partial charge in [0.1, 0.15) is 5.03 Å². The highest BCUT2D eigenvalue weighted by molar-refractivity contribution is 6.43. The Morgan fingerprint density at radius 1 is 1.50 bits per heavy atom. The largest absolute Gasteiger partial charge is 0.366 e. The van der Waals surface area contributed by atoms with Crippen LogP contribution in [0.25, 0.3) is 0 Å². The molecule has 0 saturated carbocycles. The molecule has 14 heavy (non-hydrogen) atoms. The zero-order chi connectivity index (χ0) is 10.6. The van der Waals surface area contributed by atoms with Crippen LogP contribution in [0.3, 0.4) is 0 Å². The highest BCUT2D eigenvalue weighted by Gasteiger charge is 2.17. The molecule has 5 nitrogen and oxygen atoms in total. The van der Waals surface area contributed by atoms with Crippen LogP contribution < -0.4 is 11.1 Å². The monoisotopic (exact) mass is 216 g/mol. The lowest BCUT2D eigenvalue weighted by Crippen LogP contribution is -2.43. The number of nitrogens with two attached hydrogens (primary N) is 1. The van der Waals surface area contributed by atoms with Crippen LogP contribution in [0.1, 0.15) is 0 Å². The zero-order valence-corrected chi connectivity index (χ0v) is 8.47. The first-order chi connectivity index (χ1) is 6.66. The van der Waals surface area contributed by atoms with Crippen LogP contribution in [-0.2, 0) is 4.79 Å². The minimum Gasteiger partial charge on any atom is -0.366 e. The molecule has 78 valence electrons. The number of carbonyl (C=O) groups is 1. The number of nitrogens with zero attached hydrogens (tertiary/aromatic N) is 1. The number of primary amides is 1. The van der Waals surface area contributed by atoms with E-state index in [-0.39, 0.29) is 5.03 Å². The summed E-state index contributed by atoms with van der Waals surface area (Å²) >= 11 is 5.71. The van der Waals surface area contributed by atoms with E-state index in [0.717, 1.165) is 32.4 Å². The van der Waals surface area contributed by atoms with Gasteiger partial charge in [0, 0.05) is 32.4 Å². The van der Waals surface area contributed by atoms with E-state index in [1.807, 2.05) is 4.90 Å². The van der Waals surface area contributed by atoms with Crippen molar-refractivity contribution in [1.29, 1.82) is 5.41 Å². The van der Waals surface area contributed by atoms with Crippen LogP contribution in [0.4, 0.5) is 0 Å². The lowest BCUT2D eigenvalue weighted by Gasteiger charge is -2.30. The summed E-state index contributed by atoms with van der Waals surface area (Å²) in [5.74, 6) is -0.691. The van der Waals surface area contributed by atoms with Gasteiger partial charge >= 0.3 is 0 Å². The van der Waals surface area contributed by atoms with Crippen LogP contribution >= 0.6 is 11.6 Å². The molecule has 0 bridgehead atoms. The van der Waals surface area contributed by atoms with Crippen LogP contribution in [0.5, 0.6) is 0 Å². The van der Waals surface area contributed by atoms with Gasteiger partial charge in [0.25, 0.3) is 5.91 Å². The maximum absolute atomic E-state index is 10.8. The third-order valence-electron chi connectivity index (χ3n) is 2.04. The van der Waals surface area contributed by atoms with Crippen LogP contribution in [0, 0.1) is 5.41 Å². The summed E-state index contributed by atoms with van der Waals surface area (Å²) in [4.78, 5) is 12.7. The first-order valence-corrected chi connectivity index (χ1v) is 4.70. The van der Waals surface area contributed by atoms with Gasteiger partial charge in [-0.3, -0.25) is 4.79 Å². The molecule has 6 heteroatoms. The quantitative estimate of drug-likeness (QED) is 0.439.